The second-order valence-electron chi connectivity index (χ2n) is 5.79. The fourth-order valence-electron chi connectivity index (χ4n) is 3.22. The van der Waals surface area contributed by atoms with Crippen LogP contribution in [0.25, 0.3) is 0 Å². The number of benzene rings is 1. The maximum Gasteiger partial charge on any atom is 0.124 e. The molecular weight excluding hydrogens is 290 g/mol. The van der Waals surface area contributed by atoms with E-state index in [9.17, 15) is 5.11 Å². The zero-order chi connectivity index (χ0) is 16.1. The summed E-state index contributed by atoms with van der Waals surface area (Å²) in [6, 6.07) is 6.40. The van der Waals surface area contributed by atoms with Gasteiger partial charge in [-0.2, -0.15) is 0 Å². The summed E-state index contributed by atoms with van der Waals surface area (Å²) < 4.78 is 5.55. The van der Waals surface area contributed by atoms with E-state index in [0.29, 0.717) is 12.6 Å². The van der Waals surface area contributed by atoms with E-state index in [4.69, 9.17) is 4.74 Å². The summed E-state index contributed by atoms with van der Waals surface area (Å²) >= 11 is 0. The average Bonchev–Trinajstić information content (AvgIpc) is 3.05. The molecule has 1 aliphatic heterocycles. The number of aliphatic hydroxyl groups excluding tert-OH is 1. The third-order valence-electron chi connectivity index (χ3n) is 4.27. The van der Waals surface area contributed by atoms with E-state index in [1.54, 1.807) is 12.4 Å². The van der Waals surface area contributed by atoms with Gasteiger partial charge < -0.3 is 9.84 Å². The molecule has 0 unspecified atom stereocenters. The lowest BCUT2D eigenvalue weighted by Crippen LogP contribution is -2.23. The Hall–Kier alpha value is -1.98. The number of aliphatic hydroxyl groups is 1. The Balaban J connectivity index is 1.75. The summed E-state index contributed by atoms with van der Waals surface area (Å²) in [7, 11) is 0. The largest absolute Gasteiger partial charge is 0.494 e. The highest BCUT2D eigenvalue weighted by atomic mass is 16.5. The quantitative estimate of drug-likeness (QED) is 0.888. The second-order valence-corrected chi connectivity index (χ2v) is 5.79. The van der Waals surface area contributed by atoms with Gasteiger partial charge in [-0.25, -0.2) is 0 Å². The molecule has 0 spiro atoms. The van der Waals surface area contributed by atoms with Crippen LogP contribution in [0.5, 0.6) is 5.75 Å². The molecule has 2 aromatic rings. The zero-order valence-electron chi connectivity index (χ0n) is 13.5. The molecule has 1 fully saturated rings. The van der Waals surface area contributed by atoms with E-state index in [1.807, 2.05) is 25.3 Å². The van der Waals surface area contributed by atoms with E-state index < -0.39 is 0 Å². The summed E-state index contributed by atoms with van der Waals surface area (Å²) in [6.45, 7) is 4.46. The van der Waals surface area contributed by atoms with E-state index in [0.717, 1.165) is 36.5 Å². The molecule has 1 atom stereocenters. The minimum absolute atomic E-state index is 0.00321. The van der Waals surface area contributed by atoms with Crippen molar-refractivity contribution in [1.82, 2.24) is 14.9 Å². The van der Waals surface area contributed by atoms with Crippen molar-refractivity contribution in [2.75, 3.05) is 13.2 Å². The summed E-state index contributed by atoms with van der Waals surface area (Å²) in [5, 5.41) is 9.55. The molecule has 0 saturated carbocycles. The molecule has 5 nitrogen and oxygen atoms in total. The summed E-state index contributed by atoms with van der Waals surface area (Å²) in [5.41, 5.74) is 3.08. The van der Waals surface area contributed by atoms with Crippen molar-refractivity contribution in [2.24, 2.45) is 0 Å². The predicted molar refractivity (Wildman–Crippen MR) is 88.0 cm³/mol. The number of aromatic nitrogens is 2. The molecule has 0 amide bonds. The molecule has 3 rings (SSSR count). The van der Waals surface area contributed by atoms with Crippen molar-refractivity contribution in [3.05, 3.63) is 53.6 Å². The molecule has 1 N–H and O–H groups in total. The Bertz CT molecular complexity index is 633. The van der Waals surface area contributed by atoms with Crippen LogP contribution in [0.2, 0.25) is 0 Å². The predicted octanol–water partition coefficient (Wildman–Crippen LogP) is 2.70. The van der Waals surface area contributed by atoms with Crippen molar-refractivity contribution < 1.29 is 9.84 Å². The number of rotatable bonds is 6. The molecule has 1 aromatic heterocycles. The number of ether oxygens (including phenoxy) is 1. The molecule has 5 heteroatoms. The Morgan fingerprint density at radius 1 is 1.35 bits per heavy atom. The smallest absolute Gasteiger partial charge is 0.124 e. The fourth-order valence-corrected chi connectivity index (χ4v) is 3.22. The standard InChI is InChI=1S/C18H23N3O2/c1-2-23-18-6-5-14(10-15(18)13-22)12-21-9-3-4-17(21)16-11-19-7-8-20-16/h5-8,10-11,17,22H,2-4,9,12-13H2,1H3/t17-/m0/s1. The van der Waals surface area contributed by atoms with E-state index in [-0.39, 0.29) is 6.61 Å². The summed E-state index contributed by atoms with van der Waals surface area (Å²) in [4.78, 5) is 11.1. The maximum atomic E-state index is 9.55. The van der Waals surface area contributed by atoms with Gasteiger partial charge in [0, 0.05) is 30.7 Å². The van der Waals surface area contributed by atoms with Crippen LogP contribution in [0.15, 0.2) is 36.8 Å². The highest BCUT2D eigenvalue weighted by molar-refractivity contribution is 5.37. The maximum absolute atomic E-state index is 9.55. The van der Waals surface area contributed by atoms with Gasteiger partial charge in [0.05, 0.1) is 24.9 Å². The number of hydrogen-bond donors (Lipinski definition) is 1. The first-order valence-corrected chi connectivity index (χ1v) is 8.17. The SMILES string of the molecule is CCOc1ccc(CN2CCC[C@H]2c2cnccn2)cc1CO. The zero-order valence-corrected chi connectivity index (χ0v) is 13.5. The first-order chi connectivity index (χ1) is 11.3. The van der Waals surface area contributed by atoms with Crippen molar-refractivity contribution in [3.63, 3.8) is 0 Å². The highest BCUT2D eigenvalue weighted by Crippen LogP contribution is 2.32. The normalized spacial score (nSPS) is 18.3. The Morgan fingerprint density at radius 2 is 2.26 bits per heavy atom. The Morgan fingerprint density at radius 3 is 3.00 bits per heavy atom. The van der Waals surface area contributed by atoms with Crippen molar-refractivity contribution in [3.8, 4) is 5.75 Å². The highest BCUT2D eigenvalue weighted by Gasteiger charge is 2.27. The molecule has 1 aromatic carbocycles. The van der Waals surface area contributed by atoms with E-state index in [1.165, 1.54) is 12.0 Å². The molecule has 23 heavy (non-hydrogen) atoms. The molecule has 122 valence electrons. The molecular formula is C18H23N3O2. The first kappa shape index (κ1) is 15.9. The lowest BCUT2D eigenvalue weighted by molar-refractivity contribution is 0.242. The van der Waals surface area contributed by atoms with Gasteiger partial charge in [0.25, 0.3) is 0 Å². The van der Waals surface area contributed by atoms with Gasteiger partial charge in [-0.05, 0) is 44.0 Å². The van der Waals surface area contributed by atoms with Crippen molar-refractivity contribution in [2.45, 2.75) is 39.0 Å². The van der Waals surface area contributed by atoms with Gasteiger partial charge >= 0.3 is 0 Å². The molecule has 1 saturated heterocycles. The Labute approximate surface area is 137 Å². The van der Waals surface area contributed by atoms with Gasteiger partial charge in [-0.15, -0.1) is 0 Å². The summed E-state index contributed by atoms with van der Waals surface area (Å²) in [5.74, 6) is 0.769. The third kappa shape index (κ3) is 3.68. The molecule has 0 radical (unpaired) electrons. The van der Waals surface area contributed by atoms with Crippen LogP contribution in [-0.4, -0.2) is 33.1 Å². The third-order valence-corrected chi connectivity index (χ3v) is 4.27. The topological polar surface area (TPSA) is 58.5 Å². The number of hydrogen-bond acceptors (Lipinski definition) is 5. The fraction of sp³-hybridized carbons (Fsp3) is 0.444. The van der Waals surface area contributed by atoms with Crippen LogP contribution in [0.1, 0.15) is 42.6 Å². The average molecular weight is 313 g/mol. The first-order valence-electron chi connectivity index (χ1n) is 8.17. The molecule has 2 heterocycles. The monoisotopic (exact) mass is 313 g/mol. The van der Waals surface area contributed by atoms with Gasteiger partial charge in [-0.1, -0.05) is 6.07 Å². The van der Waals surface area contributed by atoms with E-state index >= 15 is 0 Å². The van der Waals surface area contributed by atoms with Gasteiger partial charge in [0.1, 0.15) is 5.75 Å². The number of likely N-dealkylation sites (tertiary alicyclic amines) is 1. The molecule has 0 aliphatic carbocycles. The minimum Gasteiger partial charge on any atom is -0.494 e. The van der Waals surface area contributed by atoms with Crippen LogP contribution < -0.4 is 4.74 Å². The Kier molecular flexibility index (Phi) is 5.20. The van der Waals surface area contributed by atoms with Crippen LogP contribution in [0.3, 0.4) is 0 Å². The number of nitrogens with zero attached hydrogens (tertiary/aromatic N) is 3. The molecule has 0 bridgehead atoms. The lowest BCUT2D eigenvalue weighted by Gasteiger charge is -2.24. The van der Waals surface area contributed by atoms with Crippen LogP contribution in [-0.2, 0) is 13.2 Å². The van der Waals surface area contributed by atoms with Crippen LogP contribution in [0.4, 0.5) is 0 Å². The lowest BCUT2D eigenvalue weighted by atomic mass is 10.1. The van der Waals surface area contributed by atoms with Crippen molar-refractivity contribution in [1.29, 1.82) is 0 Å². The minimum atomic E-state index is -0.00321. The molecule has 1 aliphatic rings. The van der Waals surface area contributed by atoms with E-state index in [2.05, 4.69) is 20.9 Å². The van der Waals surface area contributed by atoms with Gasteiger partial charge in [0.2, 0.25) is 0 Å². The van der Waals surface area contributed by atoms with Crippen molar-refractivity contribution >= 4 is 0 Å². The summed E-state index contributed by atoms with van der Waals surface area (Å²) in [6.07, 6.45) is 7.61. The van der Waals surface area contributed by atoms with Gasteiger partial charge in [0.15, 0.2) is 0 Å². The second kappa shape index (κ2) is 7.53. The van der Waals surface area contributed by atoms with Crippen LogP contribution >= 0.6 is 0 Å². The van der Waals surface area contributed by atoms with Gasteiger partial charge in [-0.3, -0.25) is 14.9 Å². The van der Waals surface area contributed by atoms with Crippen LogP contribution in [0, 0.1) is 0 Å².